The molecular formula is C13H12FN3O3. The van der Waals surface area contributed by atoms with Gasteiger partial charge in [-0.05, 0) is 18.2 Å². The molecule has 0 atom stereocenters. The summed E-state index contributed by atoms with van der Waals surface area (Å²) in [6, 6.07) is 5.32. The number of methoxy groups -OCH3 is 1. The first-order valence-corrected chi connectivity index (χ1v) is 5.60. The zero-order valence-corrected chi connectivity index (χ0v) is 10.6. The molecule has 7 heteroatoms. The Labute approximate surface area is 114 Å². The molecule has 2 aromatic rings. The Morgan fingerprint density at radius 2 is 2.20 bits per heavy atom. The third-order valence-corrected chi connectivity index (χ3v) is 2.59. The Kier molecular flexibility index (Phi) is 3.69. The zero-order chi connectivity index (χ0) is 14.7. The molecule has 0 amide bonds. The standard InChI is InChI=1S/C13H12FN3O3/c1-20-12-3-2-7(6-16-12)17-11-4-8(13(18)19)10(15)5-9(11)14/h2-6,17H,15H2,1H3,(H,18,19). The van der Waals surface area contributed by atoms with E-state index in [9.17, 15) is 9.18 Å². The van der Waals surface area contributed by atoms with Crippen LogP contribution in [0.4, 0.5) is 21.5 Å². The van der Waals surface area contributed by atoms with E-state index in [0.717, 1.165) is 12.1 Å². The third kappa shape index (κ3) is 2.77. The predicted octanol–water partition coefficient (Wildman–Crippen LogP) is 2.25. The van der Waals surface area contributed by atoms with Crippen LogP contribution in [0.3, 0.4) is 0 Å². The lowest BCUT2D eigenvalue weighted by Crippen LogP contribution is -2.05. The van der Waals surface area contributed by atoms with Crippen molar-refractivity contribution in [3.05, 3.63) is 41.8 Å². The fourth-order valence-corrected chi connectivity index (χ4v) is 1.60. The van der Waals surface area contributed by atoms with Crippen LogP contribution in [0, 0.1) is 5.82 Å². The Bertz CT molecular complexity index is 644. The Morgan fingerprint density at radius 1 is 1.45 bits per heavy atom. The van der Waals surface area contributed by atoms with Gasteiger partial charge in [0, 0.05) is 11.8 Å². The molecular weight excluding hydrogens is 265 g/mol. The van der Waals surface area contributed by atoms with Gasteiger partial charge in [0.25, 0.3) is 0 Å². The van der Waals surface area contributed by atoms with Gasteiger partial charge in [-0.1, -0.05) is 0 Å². The van der Waals surface area contributed by atoms with Gasteiger partial charge in [0.15, 0.2) is 0 Å². The number of carboxylic acid groups (broad SMARTS) is 1. The lowest BCUT2D eigenvalue weighted by Gasteiger charge is -2.10. The molecule has 0 unspecified atom stereocenters. The van der Waals surface area contributed by atoms with Crippen LogP contribution in [-0.4, -0.2) is 23.2 Å². The van der Waals surface area contributed by atoms with E-state index in [1.807, 2.05) is 0 Å². The molecule has 4 N–H and O–H groups in total. The number of nitrogens with zero attached hydrogens (tertiary/aromatic N) is 1. The largest absolute Gasteiger partial charge is 0.481 e. The van der Waals surface area contributed by atoms with Crippen molar-refractivity contribution in [1.29, 1.82) is 0 Å². The van der Waals surface area contributed by atoms with Crippen molar-refractivity contribution in [1.82, 2.24) is 4.98 Å². The first-order chi connectivity index (χ1) is 9.51. The van der Waals surface area contributed by atoms with E-state index in [4.69, 9.17) is 15.6 Å². The van der Waals surface area contributed by atoms with E-state index in [-0.39, 0.29) is 16.9 Å². The van der Waals surface area contributed by atoms with Crippen LogP contribution in [0.25, 0.3) is 0 Å². The first-order valence-electron chi connectivity index (χ1n) is 5.60. The zero-order valence-electron chi connectivity index (χ0n) is 10.6. The number of pyridine rings is 1. The van der Waals surface area contributed by atoms with Gasteiger partial charge in [0.1, 0.15) is 5.82 Å². The normalized spacial score (nSPS) is 10.1. The van der Waals surface area contributed by atoms with Crippen LogP contribution in [0.15, 0.2) is 30.5 Å². The van der Waals surface area contributed by atoms with Crippen LogP contribution >= 0.6 is 0 Å². The molecule has 1 aromatic carbocycles. The predicted molar refractivity (Wildman–Crippen MR) is 71.8 cm³/mol. The Morgan fingerprint density at radius 3 is 2.75 bits per heavy atom. The van der Waals surface area contributed by atoms with Crippen LogP contribution in [0.2, 0.25) is 0 Å². The highest BCUT2D eigenvalue weighted by molar-refractivity contribution is 5.95. The highest BCUT2D eigenvalue weighted by Crippen LogP contribution is 2.25. The minimum absolute atomic E-state index is 0.00330. The molecule has 0 saturated carbocycles. The first kappa shape index (κ1) is 13.6. The second-order valence-electron chi connectivity index (χ2n) is 3.94. The highest BCUT2D eigenvalue weighted by atomic mass is 19.1. The van der Waals surface area contributed by atoms with Gasteiger partial charge < -0.3 is 20.9 Å². The summed E-state index contributed by atoms with van der Waals surface area (Å²) in [4.78, 5) is 14.9. The molecule has 0 fully saturated rings. The van der Waals surface area contributed by atoms with Gasteiger partial charge in [-0.15, -0.1) is 0 Å². The summed E-state index contributed by atoms with van der Waals surface area (Å²) in [5, 5.41) is 11.7. The van der Waals surface area contributed by atoms with Crippen molar-refractivity contribution >= 4 is 23.0 Å². The van der Waals surface area contributed by atoms with Crippen molar-refractivity contribution in [2.45, 2.75) is 0 Å². The van der Waals surface area contributed by atoms with Crippen LogP contribution in [0.5, 0.6) is 5.88 Å². The maximum atomic E-state index is 13.7. The van der Waals surface area contributed by atoms with E-state index in [1.165, 1.54) is 13.3 Å². The number of carbonyl (C=O) groups is 1. The lowest BCUT2D eigenvalue weighted by atomic mass is 10.1. The molecule has 0 aliphatic rings. The maximum Gasteiger partial charge on any atom is 0.337 e. The quantitative estimate of drug-likeness (QED) is 0.741. The summed E-state index contributed by atoms with van der Waals surface area (Å²) in [7, 11) is 1.48. The molecule has 1 aromatic heterocycles. The summed E-state index contributed by atoms with van der Waals surface area (Å²) in [5.41, 5.74) is 5.64. The number of aromatic nitrogens is 1. The second kappa shape index (κ2) is 5.43. The van der Waals surface area contributed by atoms with Gasteiger partial charge in [-0.25, -0.2) is 14.2 Å². The highest BCUT2D eigenvalue weighted by Gasteiger charge is 2.13. The van der Waals surface area contributed by atoms with Crippen molar-refractivity contribution in [3.63, 3.8) is 0 Å². The van der Waals surface area contributed by atoms with Crippen molar-refractivity contribution < 1.29 is 19.0 Å². The van der Waals surface area contributed by atoms with Gasteiger partial charge in [-0.2, -0.15) is 0 Å². The van der Waals surface area contributed by atoms with Gasteiger partial charge >= 0.3 is 5.97 Å². The van der Waals surface area contributed by atoms with E-state index in [2.05, 4.69) is 10.3 Å². The smallest absolute Gasteiger partial charge is 0.337 e. The molecule has 0 radical (unpaired) electrons. The Hall–Kier alpha value is -2.83. The number of benzene rings is 1. The van der Waals surface area contributed by atoms with E-state index in [1.54, 1.807) is 12.1 Å². The minimum atomic E-state index is -1.22. The SMILES string of the molecule is COc1ccc(Nc2cc(C(=O)O)c(N)cc2F)cn1. The molecule has 2 rings (SSSR count). The van der Waals surface area contributed by atoms with Gasteiger partial charge in [-0.3, -0.25) is 0 Å². The monoisotopic (exact) mass is 277 g/mol. The Balaban J connectivity index is 2.32. The number of nitrogens with one attached hydrogen (secondary N) is 1. The molecule has 0 spiro atoms. The topological polar surface area (TPSA) is 97.5 Å². The van der Waals surface area contributed by atoms with Crippen molar-refractivity contribution in [2.24, 2.45) is 0 Å². The maximum absolute atomic E-state index is 13.7. The average molecular weight is 277 g/mol. The average Bonchev–Trinajstić information content (AvgIpc) is 2.42. The summed E-state index contributed by atoms with van der Waals surface area (Å²) in [5.74, 6) is -1.46. The van der Waals surface area contributed by atoms with Crippen molar-refractivity contribution in [3.8, 4) is 5.88 Å². The van der Waals surface area contributed by atoms with E-state index < -0.39 is 11.8 Å². The number of nitrogen functional groups attached to an aromatic ring is 1. The molecule has 6 nitrogen and oxygen atoms in total. The van der Waals surface area contributed by atoms with Crippen LogP contribution in [0.1, 0.15) is 10.4 Å². The van der Waals surface area contributed by atoms with Crippen molar-refractivity contribution in [2.75, 3.05) is 18.2 Å². The summed E-state index contributed by atoms with van der Waals surface area (Å²) in [6.45, 7) is 0. The van der Waals surface area contributed by atoms with E-state index in [0.29, 0.717) is 11.6 Å². The fraction of sp³-hybridized carbons (Fsp3) is 0.0769. The number of carboxylic acids is 1. The number of halogens is 1. The lowest BCUT2D eigenvalue weighted by molar-refractivity contribution is 0.0698. The molecule has 0 aliphatic carbocycles. The molecule has 0 bridgehead atoms. The molecule has 104 valence electrons. The molecule has 20 heavy (non-hydrogen) atoms. The molecule has 1 heterocycles. The fourth-order valence-electron chi connectivity index (χ4n) is 1.60. The third-order valence-electron chi connectivity index (χ3n) is 2.59. The second-order valence-corrected chi connectivity index (χ2v) is 3.94. The number of aromatic carboxylic acids is 1. The van der Waals surface area contributed by atoms with Crippen LogP contribution in [-0.2, 0) is 0 Å². The summed E-state index contributed by atoms with van der Waals surface area (Å²) >= 11 is 0. The summed E-state index contributed by atoms with van der Waals surface area (Å²) < 4.78 is 18.6. The van der Waals surface area contributed by atoms with Gasteiger partial charge in [0.05, 0.1) is 30.2 Å². The molecule has 0 aliphatic heterocycles. The number of rotatable bonds is 4. The number of ether oxygens (including phenoxy) is 1. The number of hydrogen-bond donors (Lipinski definition) is 3. The minimum Gasteiger partial charge on any atom is -0.481 e. The van der Waals surface area contributed by atoms with Gasteiger partial charge in [0.2, 0.25) is 5.88 Å². The number of anilines is 3. The number of hydrogen-bond acceptors (Lipinski definition) is 5. The molecule has 0 saturated heterocycles. The summed E-state index contributed by atoms with van der Waals surface area (Å²) in [6.07, 6.45) is 1.44. The van der Waals surface area contributed by atoms with Crippen LogP contribution < -0.4 is 15.8 Å². The van der Waals surface area contributed by atoms with E-state index >= 15 is 0 Å². The number of nitrogens with two attached hydrogens (primary N) is 1.